The molecule has 2 aromatic rings. The lowest BCUT2D eigenvalue weighted by Gasteiger charge is -2.03. The number of aromatic nitrogens is 1. The minimum atomic E-state index is -3.31. The summed E-state index contributed by atoms with van der Waals surface area (Å²) in [6.45, 7) is 0. The van der Waals surface area contributed by atoms with E-state index >= 15 is 0 Å². The Hall–Kier alpha value is -1.95. The van der Waals surface area contributed by atoms with Crippen molar-refractivity contribution in [2.75, 3.05) is 0 Å². The Labute approximate surface area is 108 Å². The molecule has 0 saturated carbocycles. The molecule has 0 radical (unpaired) electrons. The number of aliphatic hydroxyl groups excluding tert-OH is 2. The highest BCUT2D eigenvalue weighted by Gasteiger charge is 2.27. The fourth-order valence-corrected chi connectivity index (χ4v) is 1.60. The predicted octanol–water partition coefficient (Wildman–Crippen LogP) is 1.09. The molecule has 2 unspecified atom stereocenters. The van der Waals surface area contributed by atoms with E-state index in [-0.39, 0.29) is 0 Å². The van der Waals surface area contributed by atoms with Gasteiger partial charge in [0.2, 0.25) is 5.85 Å². The molecule has 8 heteroatoms. The molecular weight excluding hydrogens is 273 g/mol. The molecule has 0 bridgehead atoms. The first-order chi connectivity index (χ1) is 8.93. The number of rotatable bonds is 3. The molecule has 102 valence electrons. The van der Waals surface area contributed by atoms with Gasteiger partial charge in [-0.05, 0) is 17.5 Å². The summed E-state index contributed by atoms with van der Waals surface area (Å²) in [4.78, 5) is 12.9. The van der Waals surface area contributed by atoms with E-state index in [9.17, 15) is 13.9 Å². The number of hydrogen-bond acceptors (Lipinski definition) is 5. The van der Waals surface area contributed by atoms with Crippen LogP contribution >= 0.6 is 7.68 Å². The van der Waals surface area contributed by atoms with Crippen LogP contribution in [0.5, 0.6) is 0 Å². The molecule has 2 atom stereocenters. The van der Waals surface area contributed by atoms with E-state index in [1.807, 2.05) is 18.3 Å². The van der Waals surface area contributed by atoms with Crippen LogP contribution < -0.4 is 0 Å². The molecule has 0 aliphatic rings. The van der Waals surface area contributed by atoms with Gasteiger partial charge in [0.05, 0.1) is 0 Å². The highest BCUT2D eigenvalue weighted by molar-refractivity contribution is 7.31. The molecule has 1 aromatic carbocycles. The van der Waals surface area contributed by atoms with Gasteiger partial charge in [0.25, 0.3) is 0 Å². The Bertz CT molecular complexity index is 582. The molecule has 7 nitrogen and oxygen atoms in total. The minimum Gasteiger partial charge on any atom is -0.479 e. The van der Waals surface area contributed by atoms with Crippen LogP contribution in [0.2, 0.25) is 0 Å². The molecule has 0 amide bonds. The number of benzene rings is 1. The van der Waals surface area contributed by atoms with Gasteiger partial charge in [0.1, 0.15) is 0 Å². The second kappa shape index (κ2) is 6.84. The van der Waals surface area contributed by atoms with Crippen molar-refractivity contribution in [3.63, 3.8) is 0 Å². The Morgan fingerprint density at radius 2 is 1.79 bits per heavy atom. The maximum absolute atomic E-state index is 9.81. The van der Waals surface area contributed by atoms with Crippen molar-refractivity contribution in [1.29, 1.82) is 0 Å². The standard InChI is InChI=1S/C8H7N.C3H5O6P/c1-2-4-8-7(3-1)5-6-9-8;4-1(2(5)6)3(7)10(8)9/h1-6,9H;1,3-4,7H,(H,5,6). The fourth-order valence-electron chi connectivity index (χ4n) is 1.24. The van der Waals surface area contributed by atoms with Crippen LogP contribution in [0.4, 0.5) is 0 Å². The number of H-pyrrole nitrogens is 1. The summed E-state index contributed by atoms with van der Waals surface area (Å²) >= 11 is 0. The number of para-hydroxylation sites is 1. The van der Waals surface area contributed by atoms with E-state index in [2.05, 4.69) is 23.2 Å². The Morgan fingerprint density at radius 1 is 1.16 bits per heavy atom. The molecule has 1 aromatic heterocycles. The van der Waals surface area contributed by atoms with E-state index < -0.39 is 25.6 Å². The van der Waals surface area contributed by atoms with Crippen molar-refractivity contribution < 1.29 is 29.2 Å². The van der Waals surface area contributed by atoms with Crippen LogP contribution in [-0.4, -0.2) is 38.2 Å². The van der Waals surface area contributed by atoms with Gasteiger partial charge in [-0.2, -0.15) is 0 Å². The number of nitrogens with one attached hydrogen (secondary N) is 1. The molecule has 0 spiro atoms. The zero-order valence-corrected chi connectivity index (χ0v) is 10.5. The highest BCUT2D eigenvalue weighted by atomic mass is 31.1. The maximum atomic E-state index is 9.81. The first-order valence-electron chi connectivity index (χ1n) is 5.18. The molecule has 2 rings (SSSR count). The van der Waals surface area contributed by atoms with E-state index in [4.69, 9.17) is 15.3 Å². The third-order valence-corrected chi connectivity index (χ3v) is 2.93. The van der Waals surface area contributed by atoms with Crippen molar-refractivity contribution in [3.05, 3.63) is 36.5 Å². The van der Waals surface area contributed by atoms with Gasteiger partial charge in [-0.3, -0.25) is 0 Å². The van der Waals surface area contributed by atoms with Crippen LogP contribution in [0.1, 0.15) is 0 Å². The topological polar surface area (TPSA) is 128 Å². The summed E-state index contributed by atoms with van der Waals surface area (Å²) < 4.78 is 19.6. The summed E-state index contributed by atoms with van der Waals surface area (Å²) in [7, 11) is -3.31. The third kappa shape index (κ3) is 4.33. The highest BCUT2D eigenvalue weighted by Crippen LogP contribution is 2.14. The smallest absolute Gasteiger partial charge is 0.348 e. The number of carboxylic acids is 1. The van der Waals surface area contributed by atoms with Crippen molar-refractivity contribution in [3.8, 4) is 0 Å². The molecular formula is C11H12NO6P. The summed E-state index contributed by atoms with van der Waals surface area (Å²) in [6.07, 6.45) is -0.314. The van der Waals surface area contributed by atoms with Gasteiger partial charge in [-0.1, -0.05) is 18.2 Å². The van der Waals surface area contributed by atoms with E-state index in [1.165, 1.54) is 10.9 Å². The predicted molar refractivity (Wildman–Crippen MR) is 66.2 cm³/mol. The lowest BCUT2D eigenvalue weighted by atomic mass is 10.3. The van der Waals surface area contributed by atoms with E-state index in [0.29, 0.717) is 0 Å². The molecule has 0 aliphatic carbocycles. The summed E-state index contributed by atoms with van der Waals surface area (Å²) in [5, 5.41) is 25.9. The van der Waals surface area contributed by atoms with Gasteiger partial charge >= 0.3 is 13.6 Å². The Balaban J connectivity index is 0.000000190. The van der Waals surface area contributed by atoms with Gasteiger partial charge in [-0.15, -0.1) is 0 Å². The Kier molecular flexibility index (Phi) is 5.44. The third-order valence-electron chi connectivity index (χ3n) is 2.21. The molecule has 1 heterocycles. The zero-order valence-electron chi connectivity index (χ0n) is 9.63. The zero-order chi connectivity index (χ0) is 14.4. The van der Waals surface area contributed by atoms with Crippen molar-refractivity contribution in [1.82, 2.24) is 4.98 Å². The summed E-state index contributed by atoms with van der Waals surface area (Å²) in [5.74, 6) is -4.00. The van der Waals surface area contributed by atoms with Crippen LogP contribution in [0, 0.1) is 0 Å². The summed E-state index contributed by atoms with van der Waals surface area (Å²) in [5.41, 5.74) is 1.21. The average molecular weight is 285 g/mol. The second-order valence-corrected chi connectivity index (χ2v) is 4.65. The quantitative estimate of drug-likeness (QED) is 0.625. The SMILES string of the molecule is O=C(O)C(O)C(O)P(=O)=O.c1ccc2[nH]ccc2c1. The number of carbonyl (C=O) groups is 1. The molecule has 0 fully saturated rings. The first kappa shape index (κ1) is 15.1. The fraction of sp³-hybridized carbons (Fsp3) is 0.182. The normalized spacial score (nSPS) is 13.2. The lowest BCUT2D eigenvalue weighted by Crippen LogP contribution is -2.30. The van der Waals surface area contributed by atoms with Crippen LogP contribution in [-0.2, 0) is 13.9 Å². The number of aliphatic carboxylic acids is 1. The molecule has 4 N–H and O–H groups in total. The maximum Gasteiger partial charge on any atom is 0.348 e. The average Bonchev–Trinajstić information content (AvgIpc) is 2.85. The van der Waals surface area contributed by atoms with E-state index in [0.717, 1.165) is 0 Å². The van der Waals surface area contributed by atoms with Gasteiger partial charge in [0, 0.05) is 11.7 Å². The number of hydrogen-bond donors (Lipinski definition) is 4. The lowest BCUT2D eigenvalue weighted by molar-refractivity contribution is -0.149. The van der Waals surface area contributed by atoms with Crippen molar-refractivity contribution >= 4 is 24.6 Å². The minimum absolute atomic E-state index is 1.21. The second-order valence-electron chi connectivity index (χ2n) is 3.55. The van der Waals surface area contributed by atoms with Gasteiger partial charge < -0.3 is 20.3 Å². The molecule has 19 heavy (non-hydrogen) atoms. The van der Waals surface area contributed by atoms with Gasteiger partial charge in [-0.25, -0.2) is 13.9 Å². The number of carboxylic acid groups (broad SMARTS) is 1. The number of aliphatic hydroxyl groups is 2. The van der Waals surface area contributed by atoms with Gasteiger partial charge in [0.15, 0.2) is 6.10 Å². The molecule has 0 aliphatic heterocycles. The Morgan fingerprint density at radius 3 is 2.26 bits per heavy atom. The van der Waals surface area contributed by atoms with Crippen LogP contribution in [0.15, 0.2) is 36.5 Å². The van der Waals surface area contributed by atoms with Crippen molar-refractivity contribution in [2.45, 2.75) is 11.9 Å². The largest absolute Gasteiger partial charge is 0.479 e. The van der Waals surface area contributed by atoms with E-state index in [1.54, 1.807) is 0 Å². The molecule has 0 saturated heterocycles. The van der Waals surface area contributed by atoms with Crippen LogP contribution in [0.25, 0.3) is 10.9 Å². The van der Waals surface area contributed by atoms with Crippen LogP contribution in [0.3, 0.4) is 0 Å². The van der Waals surface area contributed by atoms with Crippen molar-refractivity contribution in [2.24, 2.45) is 0 Å². The summed E-state index contributed by atoms with van der Waals surface area (Å²) in [6, 6.07) is 10.3. The number of aromatic amines is 1. The first-order valence-corrected chi connectivity index (χ1v) is 6.42. The number of fused-ring (bicyclic) bond motifs is 1. The monoisotopic (exact) mass is 285 g/mol.